The molecule has 60 valence electrons. The lowest BCUT2D eigenvalue weighted by molar-refractivity contribution is -0.121. The summed E-state index contributed by atoms with van der Waals surface area (Å²) >= 11 is 0. The van der Waals surface area contributed by atoms with E-state index in [-0.39, 0.29) is 11.9 Å². The molecule has 0 radical (unpaired) electrons. The molecule has 0 fully saturated rings. The Labute approximate surface area is 61.1 Å². The Kier molecular flexibility index (Phi) is 4.88. The average Bonchev–Trinajstić information content (AvgIpc) is 1.88. The molecule has 0 saturated carbocycles. The fourth-order valence-electron chi connectivity index (χ4n) is 0.758. The molecule has 10 heavy (non-hydrogen) atoms. The van der Waals surface area contributed by atoms with Crippen LogP contribution >= 0.6 is 0 Å². The van der Waals surface area contributed by atoms with E-state index in [2.05, 4.69) is 10.7 Å². The minimum absolute atomic E-state index is 0.131. The zero-order valence-corrected chi connectivity index (χ0v) is 6.48. The lowest BCUT2D eigenvalue weighted by atomic mass is 10.2. The number of hydrogen-bond acceptors (Lipinski definition) is 3. The molecular formula is C6H15N3O. The van der Waals surface area contributed by atoms with Gasteiger partial charge in [-0.25, -0.2) is 5.84 Å². The molecule has 0 aromatic rings. The van der Waals surface area contributed by atoms with Crippen molar-refractivity contribution in [2.75, 3.05) is 6.54 Å². The van der Waals surface area contributed by atoms with Gasteiger partial charge >= 0.3 is 0 Å². The first-order chi connectivity index (χ1) is 4.70. The molecule has 0 aliphatic rings. The Hall–Kier alpha value is -0.610. The van der Waals surface area contributed by atoms with Crippen LogP contribution < -0.4 is 16.6 Å². The minimum atomic E-state index is -0.131. The summed E-state index contributed by atoms with van der Waals surface area (Å²) in [7, 11) is 0. The third-order valence-corrected chi connectivity index (χ3v) is 1.21. The van der Waals surface area contributed by atoms with Gasteiger partial charge in [0.2, 0.25) is 5.91 Å². The molecule has 0 aromatic heterocycles. The van der Waals surface area contributed by atoms with E-state index in [9.17, 15) is 4.79 Å². The molecule has 4 N–H and O–H groups in total. The number of rotatable bonds is 4. The van der Waals surface area contributed by atoms with Gasteiger partial charge in [-0.05, 0) is 13.5 Å². The van der Waals surface area contributed by atoms with E-state index in [0.717, 1.165) is 6.54 Å². The lowest BCUT2D eigenvalue weighted by Crippen LogP contribution is -2.36. The largest absolute Gasteiger partial charge is 0.314 e. The topological polar surface area (TPSA) is 67.2 Å². The molecule has 1 unspecified atom stereocenters. The van der Waals surface area contributed by atoms with Crippen molar-refractivity contribution in [3.63, 3.8) is 0 Å². The first-order valence-electron chi connectivity index (χ1n) is 3.43. The van der Waals surface area contributed by atoms with Crippen LogP contribution in [0.2, 0.25) is 0 Å². The number of hydrazine groups is 1. The van der Waals surface area contributed by atoms with Crippen molar-refractivity contribution in [2.24, 2.45) is 5.84 Å². The van der Waals surface area contributed by atoms with Crippen LogP contribution in [0, 0.1) is 0 Å². The molecular weight excluding hydrogens is 130 g/mol. The van der Waals surface area contributed by atoms with Crippen molar-refractivity contribution in [1.82, 2.24) is 10.7 Å². The number of nitrogens with one attached hydrogen (secondary N) is 2. The minimum Gasteiger partial charge on any atom is -0.314 e. The normalized spacial score (nSPS) is 12.7. The summed E-state index contributed by atoms with van der Waals surface area (Å²) in [5.41, 5.74) is 2.08. The van der Waals surface area contributed by atoms with Gasteiger partial charge in [-0.3, -0.25) is 10.2 Å². The Morgan fingerprint density at radius 2 is 2.30 bits per heavy atom. The molecule has 0 spiro atoms. The van der Waals surface area contributed by atoms with Crippen molar-refractivity contribution in [3.05, 3.63) is 0 Å². The zero-order chi connectivity index (χ0) is 7.98. The lowest BCUT2D eigenvalue weighted by Gasteiger charge is -2.09. The molecule has 4 nitrogen and oxygen atoms in total. The van der Waals surface area contributed by atoms with E-state index < -0.39 is 0 Å². The van der Waals surface area contributed by atoms with E-state index in [1.54, 1.807) is 0 Å². The number of carbonyl (C=O) groups is 1. The Balaban J connectivity index is 3.37. The van der Waals surface area contributed by atoms with Gasteiger partial charge in [0.25, 0.3) is 0 Å². The van der Waals surface area contributed by atoms with Gasteiger partial charge in [0, 0.05) is 12.5 Å². The van der Waals surface area contributed by atoms with Crippen LogP contribution in [0.25, 0.3) is 0 Å². The maximum absolute atomic E-state index is 10.6. The highest BCUT2D eigenvalue weighted by atomic mass is 16.2. The number of nitrogens with two attached hydrogens (primary N) is 1. The third-order valence-electron chi connectivity index (χ3n) is 1.21. The van der Waals surface area contributed by atoms with Crippen molar-refractivity contribution in [2.45, 2.75) is 26.3 Å². The average molecular weight is 145 g/mol. The highest BCUT2D eigenvalue weighted by Crippen LogP contribution is 1.87. The van der Waals surface area contributed by atoms with Crippen LogP contribution in [-0.4, -0.2) is 18.5 Å². The quantitative estimate of drug-likeness (QED) is 0.280. The van der Waals surface area contributed by atoms with Gasteiger partial charge in [-0.2, -0.15) is 0 Å². The third kappa shape index (κ3) is 4.29. The SMILES string of the molecule is CCNC(C)CC(=O)NN. The van der Waals surface area contributed by atoms with Crippen molar-refractivity contribution < 1.29 is 4.79 Å². The number of carbonyl (C=O) groups excluding carboxylic acids is 1. The Bertz CT molecular complexity index is 105. The van der Waals surface area contributed by atoms with Crippen LogP contribution in [0.4, 0.5) is 0 Å². The van der Waals surface area contributed by atoms with E-state index in [1.165, 1.54) is 0 Å². The highest BCUT2D eigenvalue weighted by Gasteiger charge is 2.04. The second-order valence-electron chi connectivity index (χ2n) is 2.23. The van der Waals surface area contributed by atoms with Crippen molar-refractivity contribution >= 4 is 5.91 Å². The van der Waals surface area contributed by atoms with Gasteiger partial charge in [-0.1, -0.05) is 6.92 Å². The maximum atomic E-state index is 10.6. The van der Waals surface area contributed by atoms with E-state index >= 15 is 0 Å². The zero-order valence-electron chi connectivity index (χ0n) is 6.48. The molecule has 1 atom stereocenters. The first kappa shape index (κ1) is 9.39. The Morgan fingerprint density at radius 1 is 1.70 bits per heavy atom. The molecule has 0 rings (SSSR count). The highest BCUT2D eigenvalue weighted by molar-refractivity contribution is 5.75. The summed E-state index contributed by atoms with van der Waals surface area (Å²) in [6.07, 6.45) is 0.435. The predicted molar refractivity (Wildman–Crippen MR) is 40.1 cm³/mol. The second-order valence-corrected chi connectivity index (χ2v) is 2.23. The van der Waals surface area contributed by atoms with Gasteiger partial charge in [0.1, 0.15) is 0 Å². The molecule has 4 heteroatoms. The standard InChI is InChI=1S/C6H15N3O/c1-3-8-5(2)4-6(10)9-7/h5,8H,3-4,7H2,1-2H3,(H,9,10). The van der Waals surface area contributed by atoms with Gasteiger partial charge in [-0.15, -0.1) is 0 Å². The summed E-state index contributed by atoms with van der Waals surface area (Å²) in [5.74, 6) is 4.76. The summed E-state index contributed by atoms with van der Waals surface area (Å²) in [6.45, 7) is 4.81. The monoisotopic (exact) mass is 145 g/mol. The summed E-state index contributed by atoms with van der Waals surface area (Å²) < 4.78 is 0. The molecule has 0 aromatic carbocycles. The summed E-state index contributed by atoms with van der Waals surface area (Å²) in [6, 6.07) is 0.202. The van der Waals surface area contributed by atoms with E-state index in [4.69, 9.17) is 5.84 Å². The van der Waals surface area contributed by atoms with Crippen LogP contribution in [0.5, 0.6) is 0 Å². The van der Waals surface area contributed by atoms with Crippen LogP contribution in [-0.2, 0) is 4.79 Å². The number of amides is 1. The smallest absolute Gasteiger partial charge is 0.235 e. The second kappa shape index (κ2) is 5.20. The van der Waals surface area contributed by atoms with E-state index in [1.807, 2.05) is 13.8 Å². The van der Waals surface area contributed by atoms with Crippen molar-refractivity contribution in [1.29, 1.82) is 0 Å². The van der Waals surface area contributed by atoms with Gasteiger partial charge < -0.3 is 5.32 Å². The summed E-state index contributed by atoms with van der Waals surface area (Å²) in [5, 5.41) is 3.09. The first-order valence-corrected chi connectivity index (χ1v) is 3.43. The molecule has 0 saturated heterocycles. The Morgan fingerprint density at radius 3 is 2.70 bits per heavy atom. The summed E-state index contributed by atoms with van der Waals surface area (Å²) in [4.78, 5) is 10.6. The fraction of sp³-hybridized carbons (Fsp3) is 0.833. The predicted octanol–water partition coefficient (Wildman–Crippen LogP) is -0.636. The van der Waals surface area contributed by atoms with Crippen molar-refractivity contribution in [3.8, 4) is 0 Å². The van der Waals surface area contributed by atoms with E-state index in [0.29, 0.717) is 6.42 Å². The molecule has 1 amide bonds. The van der Waals surface area contributed by atoms with Crippen LogP contribution in [0.3, 0.4) is 0 Å². The molecule has 0 bridgehead atoms. The van der Waals surface area contributed by atoms with Crippen LogP contribution in [0.1, 0.15) is 20.3 Å². The fourth-order valence-corrected chi connectivity index (χ4v) is 0.758. The van der Waals surface area contributed by atoms with Gasteiger partial charge in [0.05, 0.1) is 0 Å². The molecule has 0 aliphatic heterocycles. The molecule has 0 aliphatic carbocycles. The number of hydrogen-bond donors (Lipinski definition) is 3. The maximum Gasteiger partial charge on any atom is 0.235 e. The van der Waals surface area contributed by atoms with Gasteiger partial charge in [0.15, 0.2) is 0 Å². The van der Waals surface area contributed by atoms with Crippen LogP contribution in [0.15, 0.2) is 0 Å². The molecule has 0 heterocycles.